The second kappa shape index (κ2) is 7.25. The Bertz CT molecular complexity index is 704. The van der Waals surface area contributed by atoms with Crippen LogP contribution in [-0.4, -0.2) is 74.9 Å². The van der Waals surface area contributed by atoms with Crippen molar-refractivity contribution in [2.75, 3.05) is 24.3 Å². The number of aliphatic imine (C=N–C) groups is 1. The van der Waals surface area contributed by atoms with Crippen LogP contribution in [0.5, 0.6) is 0 Å². The van der Waals surface area contributed by atoms with E-state index in [2.05, 4.69) is 26.2 Å². The number of hydrogen-bond acceptors (Lipinski definition) is 10. The standard InChI is InChI=1S/C11H17FN5O7P/c1-14-5-8(13)15-11(12)16-9(5)17(2)10-7(19)6(18)4(24-10)3-23-25(20,21)22/h4,6-7,10,18-19H,1,3H2,2H3,(H2,13,15,16)(H2,20,21,22)/t4-,6?,7?,10-/m1/s1. The lowest BCUT2D eigenvalue weighted by molar-refractivity contribution is -0.0210. The Morgan fingerprint density at radius 2 is 2.08 bits per heavy atom. The fourth-order valence-electron chi connectivity index (χ4n) is 2.31. The summed E-state index contributed by atoms with van der Waals surface area (Å²) < 4.78 is 33.8. The number of anilines is 2. The molecule has 2 rings (SSSR count). The van der Waals surface area contributed by atoms with Gasteiger partial charge in [0.15, 0.2) is 17.9 Å². The molecule has 1 aliphatic heterocycles. The average Bonchev–Trinajstić information content (AvgIpc) is 2.79. The summed E-state index contributed by atoms with van der Waals surface area (Å²) in [4.78, 5) is 29.0. The molecule has 0 radical (unpaired) electrons. The lowest BCUT2D eigenvalue weighted by Gasteiger charge is -2.28. The van der Waals surface area contributed by atoms with Crippen LogP contribution in [0.15, 0.2) is 4.99 Å². The van der Waals surface area contributed by atoms with Crippen molar-refractivity contribution >= 4 is 31.9 Å². The number of nitrogens with two attached hydrogens (primary N) is 1. The third kappa shape index (κ3) is 4.27. The third-order valence-corrected chi connectivity index (χ3v) is 3.97. The van der Waals surface area contributed by atoms with Gasteiger partial charge in [-0.05, 0) is 6.72 Å². The Morgan fingerprint density at radius 3 is 2.64 bits per heavy atom. The molecule has 0 aliphatic carbocycles. The highest BCUT2D eigenvalue weighted by atomic mass is 31.2. The smallest absolute Gasteiger partial charge is 0.387 e. The first-order chi connectivity index (χ1) is 11.5. The molecule has 6 N–H and O–H groups in total. The van der Waals surface area contributed by atoms with Crippen LogP contribution in [0, 0.1) is 6.08 Å². The number of aliphatic hydroxyl groups excluding tert-OH is 2. The number of ether oxygens (including phenoxy) is 1. The molecule has 0 bridgehead atoms. The summed E-state index contributed by atoms with van der Waals surface area (Å²) in [5.41, 5.74) is 5.48. The molecule has 1 aromatic heterocycles. The van der Waals surface area contributed by atoms with E-state index in [1.807, 2.05) is 0 Å². The summed E-state index contributed by atoms with van der Waals surface area (Å²) in [7, 11) is -3.44. The van der Waals surface area contributed by atoms with Gasteiger partial charge < -0.3 is 35.4 Å². The fourth-order valence-corrected chi connectivity index (χ4v) is 2.65. The molecule has 0 spiro atoms. The number of phosphoric ester groups is 1. The molecule has 1 fully saturated rings. The van der Waals surface area contributed by atoms with E-state index in [0.29, 0.717) is 0 Å². The number of nitrogens with zero attached hydrogens (tertiary/aromatic N) is 4. The molecule has 0 saturated carbocycles. The maximum absolute atomic E-state index is 13.4. The molecular formula is C11H17FN5O7P. The predicted octanol–water partition coefficient (Wildman–Crippen LogP) is -1.48. The van der Waals surface area contributed by atoms with Gasteiger partial charge in [-0.3, -0.25) is 9.52 Å². The molecule has 14 heteroatoms. The van der Waals surface area contributed by atoms with Gasteiger partial charge in [-0.25, -0.2) is 4.57 Å². The van der Waals surface area contributed by atoms with E-state index in [1.165, 1.54) is 7.05 Å². The molecule has 4 atom stereocenters. The van der Waals surface area contributed by atoms with Gasteiger partial charge >= 0.3 is 13.9 Å². The molecule has 0 amide bonds. The summed E-state index contributed by atoms with van der Waals surface area (Å²) in [5, 5.41) is 20.1. The summed E-state index contributed by atoms with van der Waals surface area (Å²) in [6, 6.07) is 0. The highest BCUT2D eigenvalue weighted by Crippen LogP contribution is 2.38. The first-order valence-electron chi connectivity index (χ1n) is 6.79. The molecule has 25 heavy (non-hydrogen) atoms. The molecular weight excluding hydrogens is 364 g/mol. The van der Waals surface area contributed by atoms with Gasteiger partial charge in [-0.1, -0.05) is 0 Å². The minimum Gasteiger partial charge on any atom is -0.387 e. The highest BCUT2D eigenvalue weighted by Gasteiger charge is 2.46. The van der Waals surface area contributed by atoms with Gasteiger partial charge in [-0.2, -0.15) is 14.4 Å². The van der Waals surface area contributed by atoms with E-state index < -0.39 is 45.0 Å². The van der Waals surface area contributed by atoms with Gasteiger partial charge in [0.1, 0.15) is 24.0 Å². The molecule has 140 valence electrons. The molecule has 1 aromatic rings. The van der Waals surface area contributed by atoms with Gasteiger partial charge in [0, 0.05) is 7.05 Å². The second-order valence-corrected chi connectivity index (χ2v) is 6.39. The number of aliphatic hydroxyl groups is 2. The highest BCUT2D eigenvalue weighted by molar-refractivity contribution is 7.46. The van der Waals surface area contributed by atoms with Crippen LogP contribution in [-0.2, 0) is 13.8 Å². The molecule has 1 aliphatic rings. The molecule has 0 aromatic carbocycles. The van der Waals surface area contributed by atoms with E-state index in [1.54, 1.807) is 0 Å². The van der Waals surface area contributed by atoms with E-state index in [9.17, 15) is 19.2 Å². The zero-order chi connectivity index (χ0) is 18.9. The molecule has 2 heterocycles. The quantitative estimate of drug-likeness (QED) is 0.220. The SMILES string of the molecule is C=Nc1c(N)nc(F)nc1N(C)[C@@H]1O[C@H](COP(=O)(O)O)C(O)C1O. The van der Waals surface area contributed by atoms with Crippen LogP contribution in [0.1, 0.15) is 0 Å². The van der Waals surface area contributed by atoms with Crippen molar-refractivity contribution in [1.29, 1.82) is 0 Å². The Hall–Kier alpha value is -1.73. The van der Waals surface area contributed by atoms with Crippen molar-refractivity contribution in [3.63, 3.8) is 0 Å². The summed E-state index contributed by atoms with van der Waals surface area (Å²) in [5.74, 6) is -0.452. The van der Waals surface area contributed by atoms with E-state index in [0.717, 1.165) is 4.90 Å². The van der Waals surface area contributed by atoms with E-state index in [4.69, 9.17) is 20.3 Å². The number of aromatic nitrogens is 2. The van der Waals surface area contributed by atoms with Crippen molar-refractivity contribution in [3.8, 4) is 0 Å². The zero-order valence-electron chi connectivity index (χ0n) is 12.9. The number of phosphoric acid groups is 1. The van der Waals surface area contributed by atoms with Crippen LogP contribution < -0.4 is 10.6 Å². The minimum atomic E-state index is -4.79. The van der Waals surface area contributed by atoms with Crippen molar-refractivity contribution in [1.82, 2.24) is 9.97 Å². The largest absolute Gasteiger partial charge is 0.469 e. The Kier molecular flexibility index (Phi) is 5.68. The van der Waals surface area contributed by atoms with Gasteiger partial charge in [0.25, 0.3) is 0 Å². The van der Waals surface area contributed by atoms with E-state index >= 15 is 0 Å². The molecule has 2 unspecified atom stereocenters. The number of likely N-dealkylation sites (N-methyl/N-ethyl adjacent to an activating group) is 1. The summed E-state index contributed by atoms with van der Waals surface area (Å²) in [6.07, 6.45) is -6.70. The Labute approximate surface area is 141 Å². The van der Waals surface area contributed by atoms with Gasteiger partial charge in [0.05, 0.1) is 6.61 Å². The second-order valence-electron chi connectivity index (χ2n) is 5.15. The van der Waals surface area contributed by atoms with Crippen LogP contribution in [0.25, 0.3) is 0 Å². The number of rotatable bonds is 6. The average molecular weight is 381 g/mol. The van der Waals surface area contributed by atoms with Crippen molar-refractivity contribution in [2.24, 2.45) is 4.99 Å². The predicted molar refractivity (Wildman–Crippen MR) is 82.7 cm³/mol. The number of nitrogen functional groups attached to an aromatic ring is 1. The normalized spacial score (nSPS) is 26.6. The topological polar surface area (TPSA) is 184 Å². The summed E-state index contributed by atoms with van der Waals surface area (Å²) in [6.45, 7) is 2.60. The van der Waals surface area contributed by atoms with E-state index in [-0.39, 0.29) is 17.3 Å². The zero-order valence-corrected chi connectivity index (χ0v) is 13.8. The first kappa shape index (κ1) is 19.6. The Morgan fingerprint density at radius 1 is 1.44 bits per heavy atom. The number of halogens is 1. The fraction of sp³-hybridized carbons (Fsp3) is 0.545. The van der Waals surface area contributed by atoms with Crippen LogP contribution in [0.4, 0.5) is 21.7 Å². The maximum atomic E-state index is 13.4. The van der Waals surface area contributed by atoms with Crippen LogP contribution >= 0.6 is 7.82 Å². The first-order valence-corrected chi connectivity index (χ1v) is 8.32. The van der Waals surface area contributed by atoms with Crippen LogP contribution in [0.2, 0.25) is 0 Å². The molecule has 12 nitrogen and oxygen atoms in total. The molecule has 1 saturated heterocycles. The Balaban J connectivity index is 2.24. The van der Waals surface area contributed by atoms with Crippen molar-refractivity contribution in [3.05, 3.63) is 6.08 Å². The third-order valence-electron chi connectivity index (χ3n) is 3.48. The van der Waals surface area contributed by atoms with Gasteiger partial charge in [-0.15, -0.1) is 0 Å². The maximum Gasteiger partial charge on any atom is 0.469 e. The lowest BCUT2D eigenvalue weighted by Crippen LogP contribution is -2.42. The monoisotopic (exact) mass is 381 g/mol. The van der Waals surface area contributed by atoms with Crippen LogP contribution in [0.3, 0.4) is 0 Å². The number of hydrogen-bond donors (Lipinski definition) is 5. The van der Waals surface area contributed by atoms with Crippen molar-refractivity contribution in [2.45, 2.75) is 24.5 Å². The van der Waals surface area contributed by atoms with Gasteiger partial charge in [0.2, 0.25) is 0 Å². The van der Waals surface area contributed by atoms with Crippen molar-refractivity contribution < 1.29 is 38.2 Å². The summed E-state index contributed by atoms with van der Waals surface area (Å²) >= 11 is 0. The minimum absolute atomic E-state index is 0.0656. The lowest BCUT2D eigenvalue weighted by atomic mass is 10.1.